The fraction of sp³-hybridized carbons (Fsp3) is 0.571. The Kier molecular flexibility index (Phi) is 5.13. The number of nitrogens with two attached hydrogens (primary N) is 1. The summed E-state index contributed by atoms with van der Waals surface area (Å²) in [5.74, 6) is 0. The number of nitrogen functional groups attached to an aromatic ring is 1. The first-order valence-electron chi connectivity index (χ1n) is 6.90. The molecule has 0 heterocycles. The SMILES string of the molecule is CSC1(CNS(=O)(=O)c2cc(N)c(Cl)cc2C)CCCC1. The minimum atomic E-state index is -3.57. The highest BCUT2D eigenvalue weighted by molar-refractivity contribution is 8.00. The van der Waals surface area contributed by atoms with Crippen LogP contribution in [0, 0.1) is 6.92 Å². The van der Waals surface area contributed by atoms with Crippen LogP contribution in [-0.2, 0) is 10.0 Å². The highest BCUT2D eigenvalue weighted by atomic mass is 35.5. The molecule has 3 N–H and O–H groups in total. The van der Waals surface area contributed by atoms with Crippen molar-refractivity contribution in [3.63, 3.8) is 0 Å². The van der Waals surface area contributed by atoms with E-state index < -0.39 is 10.0 Å². The van der Waals surface area contributed by atoms with E-state index in [1.807, 2.05) is 6.26 Å². The Bertz CT molecular complexity index is 626. The minimum Gasteiger partial charge on any atom is -0.397 e. The molecule has 1 aliphatic rings. The van der Waals surface area contributed by atoms with Crippen molar-refractivity contribution in [2.75, 3.05) is 18.5 Å². The molecule has 0 amide bonds. The van der Waals surface area contributed by atoms with Crippen LogP contribution in [0.4, 0.5) is 5.69 Å². The maximum absolute atomic E-state index is 12.5. The molecule has 0 unspecified atom stereocenters. The molecule has 0 aromatic heterocycles. The van der Waals surface area contributed by atoms with Gasteiger partial charge in [-0.15, -0.1) is 0 Å². The van der Waals surface area contributed by atoms with Gasteiger partial charge in [-0.05, 0) is 43.7 Å². The van der Waals surface area contributed by atoms with E-state index in [1.165, 1.54) is 6.07 Å². The molecular weight excluding hydrogens is 328 g/mol. The predicted molar refractivity (Wildman–Crippen MR) is 90.5 cm³/mol. The third-order valence-corrected chi connectivity index (χ3v) is 7.41. The minimum absolute atomic E-state index is 0.0267. The Morgan fingerprint density at radius 2 is 2.00 bits per heavy atom. The Labute approximate surface area is 135 Å². The third kappa shape index (κ3) is 3.67. The van der Waals surface area contributed by atoms with Crippen LogP contribution in [0.2, 0.25) is 5.02 Å². The van der Waals surface area contributed by atoms with Gasteiger partial charge in [-0.3, -0.25) is 0 Å². The molecule has 0 bridgehead atoms. The van der Waals surface area contributed by atoms with Crippen molar-refractivity contribution in [3.05, 3.63) is 22.7 Å². The summed E-state index contributed by atoms with van der Waals surface area (Å²) in [6.45, 7) is 2.18. The summed E-state index contributed by atoms with van der Waals surface area (Å²) in [4.78, 5) is 0.207. The number of benzene rings is 1. The standard InChI is InChI=1S/C14H21ClN2O2S2/c1-10-7-11(15)12(16)8-13(10)21(18,19)17-9-14(20-2)5-3-4-6-14/h7-8,17H,3-6,9,16H2,1-2H3. The fourth-order valence-electron chi connectivity index (χ4n) is 2.73. The second-order valence-electron chi connectivity index (χ2n) is 5.56. The second kappa shape index (κ2) is 6.36. The molecule has 0 atom stereocenters. The van der Waals surface area contributed by atoms with Crippen molar-refractivity contribution in [2.24, 2.45) is 0 Å². The second-order valence-corrected chi connectivity index (χ2v) is 8.97. The van der Waals surface area contributed by atoms with Crippen molar-refractivity contribution < 1.29 is 8.42 Å². The van der Waals surface area contributed by atoms with Crippen molar-refractivity contribution in [2.45, 2.75) is 42.2 Å². The molecule has 0 aliphatic heterocycles. The monoisotopic (exact) mass is 348 g/mol. The lowest BCUT2D eigenvalue weighted by atomic mass is 10.1. The summed E-state index contributed by atoms with van der Waals surface area (Å²) in [6.07, 6.45) is 6.48. The first-order valence-corrected chi connectivity index (χ1v) is 9.99. The van der Waals surface area contributed by atoms with Gasteiger partial charge in [-0.2, -0.15) is 11.8 Å². The number of hydrogen-bond donors (Lipinski definition) is 2. The predicted octanol–water partition coefficient (Wildman–Crippen LogP) is 3.18. The highest BCUT2D eigenvalue weighted by Gasteiger charge is 2.34. The first-order chi connectivity index (χ1) is 9.80. The number of thioether (sulfide) groups is 1. The van der Waals surface area contributed by atoms with E-state index in [1.54, 1.807) is 24.8 Å². The number of hydrogen-bond acceptors (Lipinski definition) is 4. The number of anilines is 1. The zero-order chi connectivity index (χ0) is 15.7. The van der Waals surface area contributed by atoms with Crippen molar-refractivity contribution in [1.29, 1.82) is 0 Å². The van der Waals surface area contributed by atoms with Crippen LogP contribution in [0.1, 0.15) is 31.2 Å². The Balaban J connectivity index is 2.21. The molecule has 1 saturated carbocycles. The summed E-state index contributed by atoms with van der Waals surface area (Å²) in [5, 5.41) is 0.378. The normalized spacial score (nSPS) is 18.0. The molecule has 21 heavy (non-hydrogen) atoms. The average molecular weight is 349 g/mol. The lowest BCUT2D eigenvalue weighted by Crippen LogP contribution is -2.38. The van der Waals surface area contributed by atoms with Crippen LogP contribution in [-0.4, -0.2) is 26.0 Å². The first kappa shape index (κ1) is 16.9. The lowest BCUT2D eigenvalue weighted by molar-refractivity contribution is 0.551. The van der Waals surface area contributed by atoms with E-state index in [0.717, 1.165) is 25.7 Å². The summed E-state index contributed by atoms with van der Waals surface area (Å²) in [5.41, 5.74) is 6.61. The van der Waals surface area contributed by atoms with Gasteiger partial charge in [0.05, 0.1) is 15.6 Å². The maximum atomic E-state index is 12.5. The molecule has 0 saturated heterocycles. The van der Waals surface area contributed by atoms with Crippen LogP contribution < -0.4 is 10.5 Å². The van der Waals surface area contributed by atoms with Gasteiger partial charge < -0.3 is 5.73 Å². The molecule has 2 rings (SSSR count). The number of sulfonamides is 1. The molecule has 0 spiro atoms. The molecule has 0 radical (unpaired) electrons. The zero-order valence-corrected chi connectivity index (χ0v) is 14.7. The molecular formula is C14H21ClN2O2S2. The van der Waals surface area contributed by atoms with Crippen LogP contribution in [0.3, 0.4) is 0 Å². The Hall–Kier alpha value is -0.430. The van der Waals surface area contributed by atoms with Gasteiger partial charge in [-0.25, -0.2) is 13.1 Å². The largest absolute Gasteiger partial charge is 0.397 e. The van der Waals surface area contributed by atoms with Crippen molar-refractivity contribution >= 4 is 39.1 Å². The lowest BCUT2D eigenvalue weighted by Gasteiger charge is -2.27. The van der Waals surface area contributed by atoms with Gasteiger partial charge in [0.2, 0.25) is 10.0 Å². The van der Waals surface area contributed by atoms with Gasteiger partial charge in [0, 0.05) is 11.3 Å². The Morgan fingerprint density at radius 3 is 2.57 bits per heavy atom. The molecule has 4 nitrogen and oxygen atoms in total. The zero-order valence-electron chi connectivity index (χ0n) is 12.3. The van der Waals surface area contributed by atoms with Gasteiger partial charge >= 0.3 is 0 Å². The molecule has 1 aromatic carbocycles. The van der Waals surface area contributed by atoms with E-state index >= 15 is 0 Å². The summed E-state index contributed by atoms with van der Waals surface area (Å²) in [6, 6.07) is 3.02. The average Bonchev–Trinajstić information content (AvgIpc) is 2.90. The quantitative estimate of drug-likeness (QED) is 0.801. The Morgan fingerprint density at radius 1 is 1.38 bits per heavy atom. The van der Waals surface area contributed by atoms with Gasteiger partial charge in [-0.1, -0.05) is 24.4 Å². The molecule has 1 fully saturated rings. The summed E-state index contributed by atoms with van der Waals surface area (Å²) in [7, 11) is -3.57. The summed E-state index contributed by atoms with van der Waals surface area (Å²) < 4.78 is 27.8. The van der Waals surface area contributed by atoms with Crippen LogP contribution in [0.15, 0.2) is 17.0 Å². The van der Waals surface area contributed by atoms with E-state index in [0.29, 0.717) is 17.1 Å². The number of halogens is 1. The van der Waals surface area contributed by atoms with Crippen molar-refractivity contribution in [1.82, 2.24) is 4.72 Å². The number of rotatable bonds is 5. The summed E-state index contributed by atoms with van der Waals surface area (Å²) >= 11 is 7.67. The third-order valence-electron chi connectivity index (χ3n) is 4.12. The molecule has 1 aliphatic carbocycles. The fourth-order valence-corrected chi connectivity index (χ4v) is 5.34. The van der Waals surface area contributed by atoms with E-state index in [-0.39, 0.29) is 15.3 Å². The smallest absolute Gasteiger partial charge is 0.240 e. The van der Waals surface area contributed by atoms with E-state index in [4.69, 9.17) is 17.3 Å². The molecule has 118 valence electrons. The topological polar surface area (TPSA) is 72.2 Å². The molecule has 1 aromatic rings. The van der Waals surface area contributed by atoms with Crippen LogP contribution in [0.25, 0.3) is 0 Å². The van der Waals surface area contributed by atoms with Crippen LogP contribution >= 0.6 is 23.4 Å². The van der Waals surface area contributed by atoms with Gasteiger partial charge in [0.25, 0.3) is 0 Å². The molecule has 7 heteroatoms. The number of nitrogens with one attached hydrogen (secondary N) is 1. The number of aryl methyl sites for hydroxylation is 1. The van der Waals surface area contributed by atoms with Gasteiger partial charge in [0.1, 0.15) is 0 Å². The van der Waals surface area contributed by atoms with Crippen LogP contribution in [0.5, 0.6) is 0 Å². The van der Waals surface area contributed by atoms with E-state index in [2.05, 4.69) is 4.72 Å². The van der Waals surface area contributed by atoms with Crippen molar-refractivity contribution in [3.8, 4) is 0 Å². The van der Waals surface area contributed by atoms with E-state index in [9.17, 15) is 8.42 Å². The highest BCUT2D eigenvalue weighted by Crippen LogP contribution is 2.40. The maximum Gasteiger partial charge on any atom is 0.240 e. The van der Waals surface area contributed by atoms with Gasteiger partial charge in [0.15, 0.2) is 0 Å².